The molecule has 0 aliphatic heterocycles. The van der Waals surface area contributed by atoms with Gasteiger partial charge in [-0.1, -0.05) is 25.4 Å². The molecule has 4 heteroatoms. The Bertz CT molecular complexity index is 449. The largest absolute Gasteiger partial charge is 0.493 e. The molecule has 3 nitrogen and oxygen atoms in total. The van der Waals surface area contributed by atoms with Crippen molar-refractivity contribution in [1.29, 1.82) is 0 Å². The predicted octanol–water partition coefficient (Wildman–Crippen LogP) is 3.56. The van der Waals surface area contributed by atoms with Crippen molar-refractivity contribution in [3.8, 4) is 5.75 Å². The van der Waals surface area contributed by atoms with Gasteiger partial charge in [0.15, 0.2) is 0 Å². The minimum atomic E-state index is -0.497. The van der Waals surface area contributed by atoms with E-state index in [4.69, 9.17) is 22.1 Å². The predicted molar refractivity (Wildman–Crippen MR) is 84.8 cm³/mol. The molecule has 0 aliphatic carbocycles. The van der Waals surface area contributed by atoms with E-state index in [0.29, 0.717) is 13.0 Å². The van der Waals surface area contributed by atoms with Gasteiger partial charge >= 0.3 is 0 Å². The Labute approximate surface area is 127 Å². The Morgan fingerprint density at radius 3 is 2.60 bits per heavy atom. The molecule has 1 aromatic carbocycles. The molecule has 2 unspecified atom stereocenters. The lowest BCUT2D eigenvalue weighted by molar-refractivity contribution is 0.164. The van der Waals surface area contributed by atoms with E-state index in [0.717, 1.165) is 33.9 Å². The molecule has 2 atom stereocenters. The van der Waals surface area contributed by atoms with Gasteiger partial charge in [0.05, 0.1) is 12.7 Å². The van der Waals surface area contributed by atoms with Gasteiger partial charge in [0.1, 0.15) is 5.75 Å². The van der Waals surface area contributed by atoms with Crippen LogP contribution < -0.4 is 10.5 Å². The van der Waals surface area contributed by atoms with Crippen LogP contribution in [0.4, 0.5) is 0 Å². The Morgan fingerprint density at radius 2 is 2.05 bits per heavy atom. The molecule has 0 saturated heterocycles. The van der Waals surface area contributed by atoms with Crippen molar-refractivity contribution in [3.05, 3.63) is 27.8 Å². The maximum atomic E-state index is 9.79. The normalized spacial score (nSPS) is 14.2. The fourth-order valence-corrected chi connectivity index (χ4v) is 2.75. The van der Waals surface area contributed by atoms with E-state index in [9.17, 15) is 5.11 Å². The Morgan fingerprint density at radius 1 is 1.40 bits per heavy atom. The molecule has 0 bridgehead atoms. The maximum Gasteiger partial charge on any atom is 0.126 e. The highest BCUT2D eigenvalue weighted by atomic mass is 35.5. The highest BCUT2D eigenvalue weighted by Gasteiger charge is 2.21. The number of aryl methyl sites for hydroxylation is 1. The Hall–Kier alpha value is -0.770. The summed E-state index contributed by atoms with van der Waals surface area (Å²) >= 11 is 6.30. The number of rotatable bonds is 7. The van der Waals surface area contributed by atoms with Gasteiger partial charge in [-0.05, 0) is 49.8 Å². The summed E-state index contributed by atoms with van der Waals surface area (Å²) in [5, 5.41) is 10.5. The minimum absolute atomic E-state index is 0.151. The number of benzene rings is 1. The molecule has 1 aromatic rings. The highest BCUT2D eigenvalue weighted by Crippen LogP contribution is 2.38. The van der Waals surface area contributed by atoms with Crippen molar-refractivity contribution in [1.82, 2.24) is 0 Å². The number of hydrogen-bond acceptors (Lipinski definition) is 3. The fraction of sp³-hybridized carbons (Fsp3) is 0.625. The van der Waals surface area contributed by atoms with Gasteiger partial charge in [0.2, 0.25) is 0 Å². The molecule has 0 amide bonds. The smallest absolute Gasteiger partial charge is 0.126 e. The molecule has 0 saturated carbocycles. The number of nitrogens with two attached hydrogens (primary N) is 1. The van der Waals surface area contributed by atoms with Crippen LogP contribution in [0.5, 0.6) is 5.75 Å². The molecule has 0 fully saturated rings. The van der Waals surface area contributed by atoms with Crippen molar-refractivity contribution >= 4 is 11.6 Å². The van der Waals surface area contributed by atoms with Crippen LogP contribution in [0.2, 0.25) is 5.02 Å². The number of halogens is 1. The van der Waals surface area contributed by atoms with E-state index >= 15 is 0 Å². The second-order valence-electron chi connectivity index (χ2n) is 5.42. The second kappa shape index (κ2) is 7.87. The maximum absolute atomic E-state index is 9.79. The molecular weight excluding hydrogens is 274 g/mol. The van der Waals surface area contributed by atoms with E-state index in [-0.39, 0.29) is 12.5 Å². The second-order valence-corrected chi connectivity index (χ2v) is 5.83. The summed E-state index contributed by atoms with van der Waals surface area (Å²) in [5.41, 5.74) is 8.67. The summed E-state index contributed by atoms with van der Waals surface area (Å²) < 4.78 is 5.92. The van der Waals surface area contributed by atoms with Gasteiger partial charge in [-0.25, -0.2) is 0 Å². The first-order valence-corrected chi connectivity index (χ1v) is 7.60. The highest BCUT2D eigenvalue weighted by molar-refractivity contribution is 6.31. The molecule has 3 N–H and O–H groups in total. The third-order valence-corrected chi connectivity index (χ3v) is 3.94. The standard InChI is InChI=1S/C16H26ClNO2/c1-5-6-20-16-11(3)8-14(17)12(4)15(16)10(2)7-13(19)9-18/h8,10,13,19H,5-7,9,18H2,1-4H3. The van der Waals surface area contributed by atoms with Gasteiger partial charge in [-0.3, -0.25) is 0 Å². The van der Waals surface area contributed by atoms with Crippen LogP contribution in [0.1, 0.15) is 49.3 Å². The first-order chi connectivity index (χ1) is 9.42. The molecule has 0 spiro atoms. The Kier molecular flexibility index (Phi) is 6.80. The number of aliphatic hydroxyl groups excluding tert-OH is 1. The summed E-state index contributed by atoms with van der Waals surface area (Å²) in [5.74, 6) is 1.06. The summed E-state index contributed by atoms with van der Waals surface area (Å²) in [6.07, 6.45) is 1.07. The summed E-state index contributed by atoms with van der Waals surface area (Å²) in [7, 11) is 0. The zero-order valence-corrected chi connectivity index (χ0v) is 13.6. The summed E-state index contributed by atoms with van der Waals surface area (Å²) in [4.78, 5) is 0. The fourth-order valence-electron chi connectivity index (χ4n) is 2.49. The first-order valence-electron chi connectivity index (χ1n) is 7.22. The van der Waals surface area contributed by atoms with Crippen LogP contribution in [-0.4, -0.2) is 24.4 Å². The van der Waals surface area contributed by atoms with Crippen LogP contribution in [-0.2, 0) is 0 Å². The van der Waals surface area contributed by atoms with Crippen molar-refractivity contribution < 1.29 is 9.84 Å². The summed E-state index contributed by atoms with van der Waals surface area (Å²) in [6.45, 7) is 9.12. The average molecular weight is 300 g/mol. The quantitative estimate of drug-likeness (QED) is 0.809. The zero-order chi connectivity index (χ0) is 15.3. The molecule has 0 radical (unpaired) electrons. The van der Waals surface area contributed by atoms with E-state index in [1.807, 2.05) is 19.9 Å². The van der Waals surface area contributed by atoms with Crippen molar-refractivity contribution in [3.63, 3.8) is 0 Å². The Balaban J connectivity index is 3.18. The molecule has 114 valence electrons. The number of hydrogen-bond donors (Lipinski definition) is 2. The lowest BCUT2D eigenvalue weighted by Crippen LogP contribution is -2.22. The molecule has 20 heavy (non-hydrogen) atoms. The lowest BCUT2D eigenvalue weighted by atomic mass is 9.89. The van der Waals surface area contributed by atoms with Gasteiger partial charge in [-0.2, -0.15) is 0 Å². The molecule has 1 rings (SSSR count). The van der Waals surface area contributed by atoms with Crippen molar-refractivity contribution in [2.24, 2.45) is 5.73 Å². The summed E-state index contributed by atoms with van der Waals surface area (Å²) in [6, 6.07) is 1.94. The monoisotopic (exact) mass is 299 g/mol. The molecular formula is C16H26ClNO2. The minimum Gasteiger partial charge on any atom is -0.493 e. The SMILES string of the molecule is CCCOc1c(C)cc(Cl)c(C)c1C(C)CC(O)CN. The topological polar surface area (TPSA) is 55.5 Å². The van der Waals surface area contributed by atoms with E-state index < -0.39 is 6.10 Å². The van der Waals surface area contributed by atoms with Crippen LogP contribution in [0.25, 0.3) is 0 Å². The number of aliphatic hydroxyl groups is 1. The van der Waals surface area contributed by atoms with Gasteiger partial charge < -0.3 is 15.6 Å². The van der Waals surface area contributed by atoms with Crippen LogP contribution in [0.3, 0.4) is 0 Å². The first kappa shape index (κ1) is 17.3. The third-order valence-electron chi connectivity index (χ3n) is 3.55. The lowest BCUT2D eigenvalue weighted by Gasteiger charge is -2.23. The van der Waals surface area contributed by atoms with Crippen molar-refractivity contribution in [2.75, 3.05) is 13.2 Å². The van der Waals surface area contributed by atoms with Crippen LogP contribution in [0.15, 0.2) is 6.07 Å². The van der Waals surface area contributed by atoms with Gasteiger partial charge in [-0.15, -0.1) is 0 Å². The van der Waals surface area contributed by atoms with Crippen LogP contribution in [0, 0.1) is 13.8 Å². The van der Waals surface area contributed by atoms with E-state index in [1.54, 1.807) is 0 Å². The zero-order valence-electron chi connectivity index (χ0n) is 12.9. The van der Waals surface area contributed by atoms with Gasteiger partial charge in [0, 0.05) is 17.1 Å². The van der Waals surface area contributed by atoms with Crippen molar-refractivity contribution in [2.45, 2.75) is 52.6 Å². The average Bonchev–Trinajstić information content (AvgIpc) is 2.40. The number of ether oxygens (including phenoxy) is 1. The third kappa shape index (κ3) is 4.11. The molecule has 0 aromatic heterocycles. The van der Waals surface area contributed by atoms with Crippen LogP contribution >= 0.6 is 11.6 Å². The molecule has 0 heterocycles. The van der Waals surface area contributed by atoms with Gasteiger partial charge in [0.25, 0.3) is 0 Å². The van der Waals surface area contributed by atoms with E-state index in [2.05, 4.69) is 13.8 Å². The molecule has 0 aliphatic rings. The van der Waals surface area contributed by atoms with E-state index in [1.165, 1.54) is 0 Å².